The van der Waals surface area contributed by atoms with E-state index in [1.807, 2.05) is 0 Å². The Morgan fingerprint density at radius 3 is 2.62 bits per heavy atom. The SMILES string of the molecule is CC1CCC(O)(C2CCCCCN2)CC1C. The normalized spacial score (nSPS) is 46.3. The Balaban J connectivity index is 2.00. The van der Waals surface area contributed by atoms with Gasteiger partial charge in [0.2, 0.25) is 0 Å². The molecule has 0 aromatic rings. The maximum atomic E-state index is 10.8. The number of hydrogen-bond donors (Lipinski definition) is 2. The molecule has 0 aromatic heterocycles. The molecule has 94 valence electrons. The highest BCUT2D eigenvalue weighted by molar-refractivity contribution is 4.97. The molecule has 4 unspecified atom stereocenters. The van der Waals surface area contributed by atoms with Crippen LogP contribution in [0.25, 0.3) is 0 Å². The van der Waals surface area contributed by atoms with E-state index in [-0.39, 0.29) is 0 Å². The average molecular weight is 225 g/mol. The minimum atomic E-state index is -0.420. The fraction of sp³-hybridized carbons (Fsp3) is 1.00. The predicted molar refractivity (Wildman–Crippen MR) is 67.4 cm³/mol. The molecule has 1 heterocycles. The zero-order chi connectivity index (χ0) is 11.6. The van der Waals surface area contributed by atoms with E-state index in [4.69, 9.17) is 0 Å². The standard InChI is InChI=1S/C14H27NO/c1-11-7-8-14(16,10-12(11)2)13-6-4-3-5-9-15-13/h11-13,15-16H,3-10H2,1-2H3. The van der Waals surface area contributed by atoms with Crippen molar-refractivity contribution in [2.24, 2.45) is 11.8 Å². The Morgan fingerprint density at radius 2 is 1.88 bits per heavy atom. The van der Waals surface area contributed by atoms with E-state index in [0.717, 1.165) is 31.7 Å². The third kappa shape index (κ3) is 2.60. The molecule has 0 aromatic carbocycles. The minimum absolute atomic E-state index is 0.352. The van der Waals surface area contributed by atoms with Crippen LogP contribution in [-0.4, -0.2) is 23.3 Å². The zero-order valence-corrected chi connectivity index (χ0v) is 10.8. The average Bonchev–Trinajstić information content (AvgIpc) is 2.53. The highest BCUT2D eigenvalue weighted by Crippen LogP contribution is 2.39. The predicted octanol–water partition coefficient (Wildman–Crippen LogP) is 2.71. The van der Waals surface area contributed by atoms with Crippen molar-refractivity contribution in [1.82, 2.24) is 5.32 Å². The van der Waals surface area contributed by atoms with E-state index >= 15 is 0 Å². The lowest BCUT2D eigenvalue weighted by Gasteiger charge is -2.44. The molecule has 2 nitrogen and oxygen atoms in total. The zero-order valence-electron chi connectivity index (χ0n) is 10.8. The van der Waals surface area contributed by atoms with E-state index in [1.165, 1.54) is 25.7 Å². The summed E-state index contributed by atoms with van der Waals surface area (Å²) in [5.74, 6) is 1.45. The van der Waals surface area contributed by atoms with Crippen LogP contribution in [0.2, 0.25) is 0 Å². The Hall–Kier alpha value is -0.0800. The molecule has 1 saturated carbocycles. The van der Waals surface area contributed by atoms with Gasteiger partial charge >= 0.3 is 0 Å². The first kappa shape index (κ1) is 12.4. The van der Waals surface area contributed by atoms with E-state index in [2.05, 4.69) is 19.2 Å². The summed E-state index contributed by atoms with van der Waals surface area (Å²) in [5, 5.41) is 14.4. The molecule has 0 spiro atoms. The first-order valence-corrected chi connectivity index (χ1v) is 7.07. The lowest BCUT2D eigenvalue weighted by molar-refractivity contribution is -0.0585. The second-order valence-corrected chi connectivity index (χ2v) is 6.16. The van der Waals surface area contributed by atoms with Gasteiger partial charge in [-0.1, -0.05) is 26.7 Å². The number of hydrogen-bond acceptors (Lipinski definition) is 2. The molecule has 1 aliphatic heterocycles. The summed E-state index contributed by atoms with van der Waals surface area (Å²) in [6.45, 7) is 5.72. The fourth-order valence-corrected chi connectivity index (χ4v) is 3.43. The van der Waals surface area contributed by atoms with Crippen LogP contribution in [0.4, 0.5) is 0 Å². The lowest BCUT2D eigenvalue weighted by Crippen LogP contribution is -2.53. The van der Waals surface area contributed by atoms with Crippen molar-refractivity contribution in [3.05, 3.63) is 0 Å². The van der Waals surface area contributed by atoms with Gasteiger partial charge in [0.15, 0.2) is 0 Å². The van der Waals surface area contributed by atoms with E-state index < -0.39 is 5.60 Å². The topological polar surface area (TPSA) is 32.3 Å². The first-order chi connectivity index (χ1) is 7.62. The van der Waals surface area contributed by atoms with Crippen molar-refractivity contribution in [3.63, 3.8) is 0 Å². The van der Waals surface area contributed by atoms with E-state index in [1.54, 1.807) is 0 Å². The van der Waals surface area contributed by atoms with Crippen molar-refractivity contribution in [2.45, 2.75) is 70.4 Å². The van der Waals surface area contributed by atoms with Gasteiger partial charge in [0.05, 0.1) is 5.60 Å². The summed E-state index contributed by atoms with van der Waals surface area (Å²) in [5.41, 5.74) is -0.420. The molecule has 16 heavy (non-hydrogen) atoms. The van der Waals surface area contributed by atoms with Crippen molar-refractivity contribution in [3.8, 4) is 0 Å². The lowest BCUT2D eigenvalue weighted by atomic mass is 9.69. The van der Waals surface area contributed by atoms with Crippen LogP contribution < -0.4 is 5.32 Å². The maximum Gasteiger partial charge on any atom is 0.0802 e. The molecular formula is C14H27NO. The Kier molecular flexibility index (Phi) is 3.91. The van der Waals surface area contributed by atoms with Crippen LogP contribution in [0.15, 0.2) is 0 Å². The molecule has 1 aliphatic carbocycles. The van der Waals surface area contributed by atoms with Crippen molar-refractivity contribution in [2.75, 3.05) is 6.54 Å². The van der Waals surface area contributed by atoms with Crippen molar-refractivity contribution in [1.29, 1.82) is 0 Å². The van der Waals surface area contributed by atoms with Crippen molar-refractivity contribution >= 4 is 0 Å². The van der Waals surface area contributed by atoms with Crippen LogP contribution in [0.5, 0.6) is 0 Å². The third-order valence-electron chi connectivity index (χ3n) is 4.89. The van der Waals surface area contributed by atoms with Gasteiger partial charge in [0, 0.05) is 6.04 Å². The maximum absolute atomic E-state index is 10.8. The second kappa shape index (κ2) is 5.05. The molecule has 1 saturated heterocycles. The van der Waals surface area contributed by atoms with Gasteiger partial charge in [-0.25, -0.2) is 0 Å². The van der Waals surface area contributed by atoms with E-state index in [9.17, 15) is 5.11 Å². The molecule has 2 rings (SSSR count). The summed E-state index contributed by atoms with van der Waals surface area (Å²) < 4.78 is 0. The van der Waals surface area contributed by atoms with Crippen LogP contribution >= 0.6 is 0 Å². The summed E-state index contributed by atoms with van der Waals surface area (Å²) >= 11 is 0. The van der Waals surface area contributed by atoms with Crippen LogP contribution in [-0.2, 0) is 0 Å². The monoisotopic (exact) mass is 225 g/mol. The first-order valence-electron chi connectivity index (χ1n) is 7.07. The number of nitrogens with one attached hydrogen (secondary N) is 1. The van der Waals surface area contributed by atoms with Crippen LogP contribution in [0.1, 0.15) is 58.8 Å². The van der Waals surface area contributed by atoms with Gasteiger partial charge in [0.25, 0.3) is 0 Å². The molecule has 2 fully saturated rings. The second-order valence-electron chi connectivity index (χ2n) is 6.16. The summed E-state index contributed by atoms with van der Waals surface area (Å²) in [6, 6.07) is 0.352. The largest absolute Gasteiger partial charge is 0.388 e. The van der Waals surface area contributed by atoms with Gasteiger partial charge in [-0.2, -0.15) is 0 Å². The Labute approximate surface area is 99.8 Å². The van der Waals surface area contributed by atoms with Crippen molar-refractivity contribution < 1.29 is 5.11 Å². The molecule has 0 bridgehead atoms. The van der Waals surface area contributed by atoms with E-state index in [0.29, 0.717) is 12.0 Å². The smallest absolute Gasteiger partial charge is 0.0802 e. The van der Waals surface area contributed by atoms with Crippen LogP contribution in [0.3, 0.4) is 0 Å². The number of rotatable bonds is 1. The van der Waals surface area contributed by atoms with Gasteiger partial charge in [0.1, 0.15) is 0 Å². The quantitative estimate of drug-likeness (QED) is 0.719. The Bertz CT molecular complexity index is 223. The van der Waals surface area contributed by atoms with Gasteiger partial charge in [-0.15, -0.1) is 0 Å². The van der Waals surface area contributed by atoms with Gasteiger partial charge in [-0.05, 0) is 50.5 Å². The summed E-state index contributed by atoms with van der Waals surface area (Å²) in [4.78, 5) is 0. The Morgan fingerprint density at radius 1 is 1.06 bits per heavy atom. The molecule has 2 heteroatoms. The van der Waals surface area contributed by atoms with Crippen LogP contribution in [0, 0.1) is 11.8 Å². The molecule has 0 amide bonds. The molecular weight excluding hydrogens is 198 g/mol. The van der Waals surface area contributed by atoms with Gasteiger partial charge < -0.3 is 10.4 Å². The highest BCUT2D eigenvalue weighted by Gasteiger charge is 2.41. The molecule has 2 N–H and O–H groups in total. The molecule has 0 radical (unpaired) electrons. The third-order valence-corrected chi connectivity index (χ3v) is 4.89. The molecule has 2 aliphatic rings. The minimum Gasteiger partial charge on any atom is -0.388 e. The summed E-state index contributed by atoms with van der Waals surface area (Å²) in [6.07, 6.45) is 8.23. The molecule has 4 atom stereocenters. The highest BCUT2D eigenvalue weighted by atomic mass is 16.3. The fourth-order valence-electron chi connectivity index (χ4n) is 3.43. The summed E-state index contributed by atoms with van der Waals surface area (Å²) in [7, 11) is 0. The van der Waals surface area contributed by atoms with Gasteiger partial charge in [-0.3, -0.25) is 0 Å². The number of aliphatic hydroxyl groups is 1.